The van der Waals surface area contributed by atoms with Gasteiger partial charge in [0.1, 0.15) is 23.4 Å². The number of unbranched alkanes of at least 4 members (excludes halogenated alkanes) is 2. The number of ketones is 1. The van der Waals surface area contributed by atoms with Crippen LogP contribution in [-0.4, -0.2) is 106 Å². The Balaban J connectivity index is 1.93. The minimum absolute atomic E-state index is 0.0493. The van der Waals surface area contributed by atoms with Gasteiger partial charge in [-0.3, -0.25) is 19.2 Å². The van der Waals surface area contributed by atoms with Crippen LogP contribution in [0.4, 0.5) is 5.69 Å². The van der Waals surface area contributed by atoms with Crippen molar-refractivity contribution < 1.29 is 63.3 Å². The third kappa shape index (κ3) is 10.7. The van der Waals surface area contributed by atoms with Crippen molar-refractivity contribution in [1.82, 2.24) is 4.90 Å². The zero-order valence-electron chi connectivity index (χ0n) is 37.9. The molecule has 3 aliphatic rings. The number of methoxy groups -OCH3 is 1. The summed E-state index contributed by atoms with van der Waals surface area (Å²) < 4.78 is 30.0. The van der Waals surface area contributed by atoms with Crippen molar-refractivity contribution in [3.05, 3.63) is 53.3 Å². The topological polar surface area (TPSA) is 211 Å². The molecular formula is C47H66N2O13. The molecule has 0 aliphatic carbocycles. The summed E-state index contributed by atoms with van der Waals surface area (Å²) in [6.07, 6.45) is 6.96. The fourth-order valence-corrected chi connectivity index (χ4v) is 8.04. The van der Waals surface area contributed by atoms with Gasteiger partial charge < -0.3 is 54.3 Å². The van der Waals surface area contributed by atoms with Crippen molar-refractivity contribution in [3.63, 3.8) is 0 Å². The van der Waals surface area contributed by atoms with E-state index in [9.17, 15) is 39.6 Å². The zero-order valence-corrected chi connectivity index (χ0v) is 37.9. The molecule has 0 fully saturated rings. The van der Waals surface area contributed by atoms with E-state index < -0.39 is 89.6 Å². The number of hydrogen-bond donors (Lipinski definition) is 5. The van der Waals surface area contributed by atoms with Gasteiger partial charge in [0.05, 0.1) is 41.2 Å². The predicted molar refractivity (Wildman–Crippen MR) is 234 cm³/mol. The van der Waals surface area contributed by atoms with Gasteiger partial charge in [0.25, 0.3) is 17.6 Å². The maximum Gasteiger partial charge on any atom is 0.312 e. The maximum absolute atomic E-state index is 14.6. The van der Waals surface area contributed by atoms with Crippen LogP contribution in [0, 0.1) is 30.6 Å². The summed E-state index contributed by atoms with van der Waals surface area (Å²) in [5.41, 5.74) is 0.0239. The number of phenols is 2. The third-order valence-electron chi connectivity index (χ3n) is 12.1. The number of ether oxygens (including phenoxy) is 5. The first-order chi connectivity index (χ1) is 29.2. The molecule has 2 amide bonds. The van der Waals surface area contributed by atoms with Gasteiger partial charge in [0.15, 0.2) is 12.4 Å². The van der Waals surface area contributed by atoms with Crippen LogP contribution >= 0.6 is 0 Å². The number of aliphatic hydroxyl groups is 2. The molecule has 3 heterocycles. The fraction of sp³-hybridized carbons (Fsp3) is 0.574. The number of allylic oxidation sites excluding steroid dienone is 2. The van der Waals surface area contributed by atoms with Gasteiger partial charge in [-0.1, -0.05) is 72.6 Å². The van der Waals surface area contributed by atoms with Gasteiger partial charge in [-0.15, -0.1) is 0 Å². The molecule has 62 heavy (non-hydrogen) atoms. The van der Waals surface area contributed by atoms with E-state index in [2.05, 4.69) is 5.32 Å². The Morgan fingerprint density at radius 1 is 0.919 bits per heavy atom. The van der Waals surface area contributed by atoms with Crippen LogP contribution in [0.3, 0.4) is 0 Å². The van der Waals surface area contributed by atoms with E-state index in [1.165, 1.54) is 59.3 Å². The number of nitrogens with one attached hydrogen (secondary N) is 1. The van der Waals surface area contributed by atoms with Crippen molar-refractivity contribution in [3.8, 4) is 23.0 Å². The normalized spacial score (nSPS) is 29.0. The van der Waals surface area contributed by atoms with Crippen LogP contribution in [0.5, 0.6) is 23.0 Å². The third-order valence-corrected chi connectivity index (χ3v) is 12.1. The van der Waals surface area contributed by atoms with Gasteiger partial charge in [-0.05, 0) is 32.8 Å². The van der Waals surface area contributed by atoms with Crippen LogP contribution in [0.25, 0.3) is 10.8 Å². The Labute approximate surface area is 364 Å². The van der Waals surface area contributed by atoms with Crippen LogP contribution in [0.1, 0.15) is 104 Å². The summed E-state index contributed by atoms with van der Waals surface area (Å²) in [6, 6.07) is 1.29. The molecular weight excluding hydrogens is 801 g/mol. The number of amides is 2. The molecule has 0 saturated heterocycles. The minimum Gasteiger partial charge on any atom is -0.507 e. The molecule has 5 N–H and O–H groups in total. The number of carbonyl (C=O) groups excluding carboxylic acids is 4. The Kier molecular flexibility index (Phi) is 17.0. The lowest BCUT2D eigenvalue weighted by Gasteiger charge is -2.38. The predicted octanol–water partition coefficient (Wildman–Crippen LogP) is 6.86. The van der Waals surface area contributed by atoms with Crippen molar-refractivity contribution in [1.29, 1.82) is 0 Å². The number of aliphatic hydroxyl groups excluding tert-OH is 2. The van der Waals surface area contributed by atoms with Crippen molar-refractivity contribution in [2.45, 2.75) is 125 Å². The Bertz CT molecular complexity index is 2050. The van der Waals surface area contributed by atoms with Crippen LogP contribution in [0.2, 0.25) is 0 Å². The zero-order chi connectivity index (χ0) is 46.2. The van der Waals surface area contributed by atoms with Gasteiger partial charge in [0.2, 0.25) is 0 Å². The first-order valence-corrected chi connectivity index (χ1v) is 21.5. The summed E-state index contributed by atoms with van der Waals surface area (Å²) in [5.74, 6) is -7.91. The number of Topliss-reactive ketones (excluding diaryl/α,β-unsaturated/α-hetero) is 1. The highest BCUT2D eigenvalue weighted by Crippen LogP contribution is 2.54. The summed E-state index contributed by atoms with van der Waals surface area (Å²) >= 11 is 0. The molecule has 15 heteroatoms. The van der Waals surface area contributed by atoms with Gasteiger partial charge in [-0.2, -0.15) is 0 Å². The molecule has 342 valence electrons. The first-order valence-electron chi connectivity index (χ1n) is 21.5. The highest BCUT2D eigenvalue weighted by atomic mass is 16.7. The Morgan fingerprint density at radius 3 is 2.16 bits per heavy atom. The number of hydrogen-bond acceptors (Lipinski definition) is 13. The molecule has 5 rings (SSSR count). The van der Waals surface area contributed by atoms with E-state index in [0.29, 0.717) is 13.1 Å². The average Bonchev–Trinajstić information content (AvgIpc) is 3.50. The van der Waals surface area contributed by atoms with Crippen LogP contribution in [0.15, 0.2) is 42.2 Å². The van der Waals surface area contributed by atoms with Crippen molar-refractivity contribution in [2.24, 2.45) is 23.7 Å². The largest absolute Gasteiger partial charge is 0.507 e. The molecule has 9 unspecified atom stereocenters. The molecule has 2 aromatic carbocycles. The number of esters is 1. The number of aromatic hydroxyl groups is 2. The van der Waals surface area contributed by atoms with Gasteiger partial charge in [-0.25, -0.2) is 0 Å². The second-order valence-electron chi connectivity index (χ2n) is 16.8. The summed E-state index contributed by atoms with van der Waals surface area (Å²) in [6.45, 7) is 17.3. The summed E-state index contributed by atoms with van der Waals surface area (Å²) in [7, 11) is 1.44. The number of nitrogens with zero attached hydrogens (tertiary/aromatic N) is 1. The number of rotatable bonds is 11. The van der Waals surface area contributed by atoms with E-state index in [1.807, 2.05) is 13.8 Å². The van der Waals surface area contributed by atoms with Crippen molar-refractivity contribution >= 4 is 40.0 Å². The molecule has 2 aromatic rings. The second kappa shape index (κ2) is 21.3. The minimum atomic E-state index is -2.03. The van der Waals surface area contributed by atoms with Gasteiger partial charge >= 0.3 is 11.8 Å². The number of anilines is 1. The molecule has 0 spiro atoms. The molecule has 0 radical (unpaired) electrons. The first kappa shape index (κ1) is 49.5. The van der Waals surface area contributed by atoms with Crippen LogP contribution in [-0.2, 0) is 28.6 Å². The van der Waals surface area contributed by atoms with E-state index in [4.69, 9.17) is 23.7 Å². The molecule has 3 aliphatic heterocycles. The summed E-state index contributed by atoms with van der Waals surface area (Å²) in [5, 5.41) is 48.7. The lowest BCUT2D eigenvalue weighted by atomic mass is 9.78. The number of fused-ring (bicyclic) bond motifs is 14. The Morgan fingerprint density at radius 2 is 1.56 bits per heavy atom. The highest BCUT2D eigenvalue weighted by molar-refractivity contribution is 6.21. The van der Waals surface area contributed by atoms with E-state index >= 15 is 0 Å². The monoisotopic (exact) mass is 866 g/mol. The quantitative estimate of drug-likeness (QED) is 0.116. The van der Waals surface area contributed by atoms with E-state index in [1.54, 1.807) is 44.7 Å². The molecule has 0 saturated carbocycles. The van der Waals surface area contributed by atoms with Gasteiger partial charge in [0, 0.05) is 80.3 Å². The second-order valence-corrected chi connectivity index (χ2v) is 16.8. The summed E-state index contributed by atoms with van der Waals surface area (Å²) in [4.78, 5) is 56.0. The lowest BCUT2D eigenvalue weighted by molar-refractivity contribution is -0.160. The van der Waals surface area contributed by atoms with Crippen molar-refractivity contribution in [2.75, 3.05) is 32.1 Å². The SMILES string of the molecule is CCCCN(CCCC)C(=O)COc1cc2c(O)c3c(O)c(C)c4c(c13)C(=O)C(C)(O/C=C/C(OC)C(C)C(OC(C)=O)C(C)C(O)C(C)C(O)C(C)/C=C/C=C(/C)C(=O)N2)O4. The molecule has 5 bridgehead atoms. The van der Waals surface area contributed by atoms with E-state index in [-0.39, 0.29) is 50.6 Å². The Hall–Kier alpha value is -5.12. The average molecular weight is 867 g/mol. The number of benzene rings is 2. The van der Waals surface area contributed by atoms with Crippen LogP contribution < -0.4 is 14.8 Å². The smallest absolute Gasteiger partial charge is 0.312 e. The molecule has 0 aromatic heterocycles. The molecule has 9 atom stereocenters. The van der Waals surface area contributed by atoms with E-state index in [0.717, 1.165) is 25.7 Å². The number of carbonyl (C=O) groups is 4. The highest BCUT2D eigenvalue weighted by Gasteiger charge is 2.50. The fourth-order valence-electron chi connectivity index (χ4n) is 8.04. The molecule has 15 nitrogen and oxygen atoms in total. The standard InChI is InChI=1S/C47H66N2O13/c1-12-14-20-49(21-15-13-2)35(51)24-59-34-23-32-42(55)37-36(34)38-44(30(8)41(37)54)62-47(10,45(38)56)60-22-19-33(58-11)27(5)43(61-31(9)50)29(7)40(53)28(6)39(52)25(3)17-16-18-26(4)46(57)48-32/h16-19,22-23,25,27-29,33,39-40,43,52-55H,12-15,20-21,24H2,1-11H3,(H,48,57)/b17-16+,22-19+,26-18-. The maximum atomic E-state index is 14.6. The lowest BCUT2D eigenvalue weighted by Crippen LogP contribution is -2.46. The number of phenolic OH excluding ortho intramolecular Hbond substituents is 2.